The molecule has 0 bridgehead atoms. The van der Waals surface area contributed by atoms with E-state index in [0.717, 1.165) is 29.2 Å². The van der Waals surface area contributed by atoms with Crippen LogP contribution in [0.5, 0.6) is 0 Å². The molecular formula is C13H20Si. The zero-order valence-electron chi connectivity index (χ0n) is 9.02. The summed E-state index contributed by atoms with van der Waals surface area (Å²) in [5, 5.41) is 0. The van der Waals surface area contributed by atoms with E-state index in [2.05, 4.69) is 24.3 Å². The maximum Gasteiger partial charge on any atom is 0.00709 e. The average molecular weight is 204 g/mol. The quantitative estimate of drug-likeness (QED) is 0.531. The van der Waals surface area contributed by atoms with Crippen LogP contribution in [0.25, 0.3) is 0 Å². The van der Waals surface area contributed by atoms with Crippen LogP contribution in [0.2, 0.25) is 5.54 Å². The van der Waals surface area contributed by atoms with Crippen LogP contribution in [0.3, 0.4) is 0 Å². The van der Waals surface area contributed by atoms with Gasteiger partial charge in [-0.05, 0) is 36.5 Å². The van der Waals surface area contributed by atoms with Gasteiger partial charge in [-0.1, -0.05) is 42.7 Å². The van der Waals surface area contributed by atoms with Gasteiger partial charge in [0.05, 0.1) is 0 Å². The molecule has 0 heterocycles. The molecule has 0 aliphatic heterocycles. The van der Waals surface area contributed by atoms with Gasteiger partial charge in [0.15, 0.2) is 0 Å². The standard InChI is InChI=1S/C13H20Si/c14-13-7-3-6-11-10-5-2-1-4-9(10)8-12(11)13/h1-2,4-5,9-13H,3,6-8H2,14H3. The zero-order valence-corrected chi connectivity index (χ0v) is 11.0. The van der Waals surface area contributed by atoms with Crippen molar-refractivity contribution in [2.24, 2.45) is 23.7 Å². The predicted octanol–water partition coefficient (Wildman–Crippen LogP) is 2.32. The summed E-state index contributed by atoms with van der Waals surface area (Å²) >= 11 is 0. The number of hydrogen-bond donors (Lipinski definition) is 0. The highest BCUT2D eigenvalue weighted by Crippen LogP contribution is 2.54. The highest BCUT2D eigenvalue weighted by Gasteiger charge is 2.44. The van der Waals surface area contributed by atoms with Gasteiger partial charge in [0.2, 0.25) is 0 Å². The van der Waals surface area contributed by atoms with E-state index < -0.39 is 0 Å². The minimum Gasteiger partial charge on any atom is -0.0808 e. The maximum absolute atomic E-state index is 2.49. The molecule has 0 spiro atoms. The van der Waals surface area contributed by atoms with Crippen LogP contribution in [0.1, 0.15) is 25.7 Å². The van der Waals surface area contributed by atoms with Gasteiger partial charge in [0, 0.05) is 10.2 Å². The Kier molecular flexibility index (Phi) is 2.16. The van der Waals surface area contributed by atoms with Crippen molar-refractivity contribution in [3.8, 4) is 0 Å². The third kappa shape index (κ3) is 1.25. The van der Waals surface area contributed by atoms with Crippen molar-refractivity contribution in [2.75, 3.05) is 0 Å². The molecule has 0 radical (unpaired) electrons. The van der Waals surface area contributed by atoms with Crippen molar-refractivity contribution in [3.05, 3.63) is 24.3 Å². The van der Waals surface area contributed by atoms with Crippen molar-refractivity contribution in [1.29, 1.82) is 0 Å². The lowest BCUT2D eigenvalue weighted by Gasteiger charge is -2.33. The number of rotatable bonds is 0. The number of hydrogen-bond acceptors (Lipinski definition) is 0. The third-order valence-electron chi connectivity index (χ3n) is 4.81. The molecule has 14 heavy (non-hydrogen) atoms. The molecule has 1 heteroatoms. The Morgan fingerprint density at radius 1 is 1.00 bits per heavy atom. The molecule has 0 saturated heterocycles. The van der Waals surface area contributed by atoms with Crippen molar-refractivity contribution < 1.29 is 0 Å². The smallest absolute Gasteiger partial charge is 0.00709 e. The lowest BCUT2D eigenvalue weighted by molar-refractivity contribution is 0.249. The van der Waals surface area contributed by atoms with Crippen molar-refractivity contribution in [1.82, 2.24) is 0 Å². The largest absolute Gasteiger partial charge is 0.0808 e. The fraction of sp³-hybridized carbons (Fsp3) is 0.692. The molecule has 2 saturated carbocycles. The van der Waals surface area contributed by atoms with Crippen LogP contribution >= 0.6 is 0 Å². The molecule has 0 nitrogen and oxygen atoms in total. The zero-order chi connectivity index (χ0) is 9.54. The molecule has 3 aliphatic carbocycles. The van der Waals surface area contributed by atoms with Crippen LogP contribution in [0.4, 0.5) is 0 Å². The fourth-order valence-corrected chi connectivity index (χ4v) is 5.27. The van der Waals surface area contributed by atoms with E-state index in [1.807, 2.05) is 0 Å². The van der Waals surface area contributed by atoms with Gasteiger partial charge in [0.1, 0.15) is 0 Å². The van der Waals surface area contributed by atoms with Gasteiger partial charge >= 0.3 is 0 Å². The molecule has 76 valence electrons. The third-order valence-corrected chi connectivity index (χ3v) is 6.25. The van der Waals surface area contributed by atoms with E-state index in [4.69, 9.17) is 0 Å². The Bertz CT molecular complexity index is 279. The monoisotopic (exact) mass is 204 g/mol. The van der Waals surface area contributed by atoms with Gasteiger partial charge < -0.3 is 0 Å². The summed E-state index contributed by atoms with van der Waals surface area (Å²) in [4.78, 5) is 0. The molecule has 0 aromatic rings. The van der Waals surface area contributed by atoms with Gasteiger partial charge in [-0.15, -0.1) is 0 Å². The van der Waals surface area contributed by atoms with E-state index in [9.17, 15) is 0 Å². The Balaban J connectivity index is 1.87. The van der Waals surface area contributed by atoms with Crippen molar-refractivity contribution in [2.45, 2.75) is 31.2 Å². The van der Waals surface area contributed by atoms with E-state index in [-0.39, 0.29) is 0 Å². The number of fused-ring (bicyclic) bond motifs is 3. The van der Waals surface area contributed by atoms with Crippen LogP contribution < -0.4 is 0 Å². The Morgan fingerprint density at radius 2 is 1.86 bits per heavy atom. The lowest BCUT2D eigenvalue weighted by Crippen LogP contribution is -2.23. The summed E-state index contributed by atoms with van der Waals surface area (Å²) in [6.07, 6.45) is 15.6. The topological polar surface area (TPSA) is 0 Å². The fourth-order valence-electron chi connectivity index (χ4n) is 4.09. The molecule has 3 aliphatic rings. The number of allylic oxidation sites excluding steroid dienone is 4. The van der Waals surface area contributed by atoms with E-state index in [1.165, 1.54) is 29.5 Å². The molecule has 0 N–H and O–H groups in total. The lowest BCUT2D eigenvalue weighted by atomic mass is 9.76. The van der Waals surface area contributed by atoms with Crippen molar-refractivity contribution in [3.63, 3.8) is 0 Å². The summed E-state index contributed by atoms with van der Waals surface area (Å²) in [7, 11) is 1.43. The van der Waals surface area contributed by atoms with Gasteiger partial charge in [-0.2, -0.15) is 0 Å². The van der Waals surface area contributed by atoms with Crippen LogP contribution in [-0.2, 0) is 0 Å². The Morgan fingerprint density at radius 3 is 2.79 bits per heavy atom. The normalized spacial score (nSPS) is 50.4. The molecular weight excluding hydrogens is 184 g/mol. The predicted molar refractivity (Wildman–Crippen MR) is 64.4 cm³/mol. The molecule has 2 fully saturated rings. The van der Waals surface area contributed by atoms with Crippen LogP contribution in [0, 0.1) is 23.7 Å². The maximum atomic E-state index is 2.49. The van der Waals surface area contributed by atoms with E-state index >= 15 is 0 Å². The molecule has 5 unspecified atom stereocenters. The van der Waals surface area contributed by atoms with E-state index in [1.54, 1.807) is 6.42 Å². The van der Waals surface area contributed by atoms with Crippen LogP contribution in [-0.4, -0.2) is 10.2 Å². The first kappa shape index (κ1) is 8.96. The first-order chi connectivity index (χ1) is 6.86. The molecule has 3 rings (SSSR count). The summed E-state index contributed by atoms with van der Waals surface area (Å²) in [6.45, 7) is 0. The SMILES string of the molecule is [SiH3]C1CCCC2C3C=CC=CC3CC12. The molecule has 5 atom stereocenters. The molecule has 0 amide bonds. The summed E-state index contributed by atoms with van der Waals surface area (Å²) in [5.74, 6) is 3.97. The summed E-state index contributed by atoms with van der Waals surface area (Å²) in [5.41, 5.74) is 1.13. The first-order valence-electron chi connectivity index (χ1n) is 6.21. The Hall–Kier alpha value is -0.303. The first-order valence-corrected chi connectivity index (χ1v) is 7.37. The van der Waals surface area contributed by atoms with Gasteiger partial charge in [-0.25, -0.2) is 0 Å². The minimum atomic E-state index is 0.907. The second-order valence-corrected chi connectivity index (χ2v) is 6.97. The van der Waals surface area contributed by atoms with Crippen LogP contribution in [0.15, 0.2) is 24.3 Å². The minimum absolute atomic E-state index is 0.907. The van der Waals surface area contributed by atoms with E-state index in [0.29, 0.717) is 0 Å². The second-order valence-electron chi connectivity index (χ2n) is 5.48. The molecule has 0 aromatic carbocycles. The Labute approximate surface area is 89.9 Å². The van der Waals surface area contributed by atoms with Crippen molar-refractivity contribution >= 4 is 10.2 Å². The van der Waals surface area contributed by atoms with Gasteiger partial charge in [-0.3, -0.25) is 0 Å². The average Bonchev–Trinajstić information content (AvgIpc) is 2.59. The highest BCUT2D eigenvalue weighted by atomic mass is 28.1. The summed E-state index contributed by atoms with van der Waals surface area (Å²) in [6, 6.07) is 0. The summed E-state index contributed by atoms with van der Waals surface area (Å²) < 4.78 is 0. The highest BCUT2D eigenvalue weighted by molar-refractivity contribution is 6.11. The second kappa shape index (κ2) is 3.37. The van der Waals surface area contributed by atoms with Gasteiger partial charge in [0.25, 0.3) is 0 Å². The molecule has 0 aromatic heterocycles.